The van der Waals surface area contributed by atoms with E-state index in [9.17, 15) is 0 Å². The number of aryl methyl sites for hydroxylation is 1. The SMILES string of the molecule is Cc1cc2c(cc1N1C=CN(C)[C@@H]1C)c1c(ccc3c4ccccc4n(-c4ccccc4)c31)n2-c1ccccc1. The maximum Gasteiger partial charge on any atom is 0.102 e. The molecule has 0 aliphatic carbocycles. The van der Waals surface area contributed by atoms with E-state index in [1.165, 1.54) is 66.2 Å². The summed E-state index contributed by atoms with van der Waals surface area (Å²) >= 11 is 0. The van der Waals surface area contributed by atoms with Crippen LogP contribution in [-0.2, 0) is 0 Å². The summed E-state index contributed by atoms with van der Waals surface area (Å²) in [5.41, 5.74) is 9.77. The zero-order valence-corrected chi connectivity index (χ0v) is 22.9. The molecule has 0 N–H and O–H groups in total. The van der Waals surface area contributed by atoms with Crippen LogP contribution in [0.4, 0.5) is 5.69 Å². The molecular formula is C36H30N4. The summed E-state index contributed by atoms with van der Waals surface area (Å²) in [6.45, 7) is 4.49. The Bertz CT molecular complexity index is 2100. The van der Waals surface area contributed by atoms with Crippen molar-refractivity contribution in [2.24, 2.45) is 0 Å². The zero-order valence-electron chi connectivity index (χ0n) is 22.9. The molecule has 4 heteroatoms. The van der Waals surface area contributed by atoms with Crippen LogP contribution in [0.2, 0.25) is 0 Å². The molecular weight excluding hydrogens is 488 g/mol. The molecule has 0 radical (unpaired) electrons. The highest BCUT2D eigenvalue weighted by Crippen LogP contribution is 2.44. The van der Waals surface area contributed by atoms with Crippen LogP contribution >= 0.6 is 0 Å². The lowest BCUT2D eigenvalue weighted by Gasteiger charge is -2.28. The molecule has 0 amide bonds. The molecule has 0 spiro atoms. The minimum atomic E-state index is 0.259. The molecule has 0 saturated carbocycles. The Kier molecular flexibility index (Phi) is 4.89. The van der Waals surface area contributed by atoms with Gasteiger partial charge in [-0.05, 0) is 67.9 Å². The number of aromatic nitrogens is 2. The van der Waals surface area contributed by atoms with Gasteiger partial charge in [-0.2, -0.15) is 0 Å². The number of fused-ring (bicyclic) bond motifs is 7. The van der Waals surface area contributed by atoms with Gasteiger partial charge >= 0.3 is 0 Å². The number of para-hydroxylation sites is 3. The minimum absolute atomic E-state index is 0.259. The van der Waals surface area contributed by atoms with Crippen molar-refractivity contribution in [1.29, 1.82) is 0 Å². The first-order chi connectivity index (χ1) is 19.6. The quantitative estimate of drug-likeness (QED) is 0.232. The van der Waals surface area contributed by atoms with Crippen LogP contribution in [0.15, 0.2) is 122 Å². The highest BCUT2D eigenvalue weighted by molar-refractivity contribution is 6.26. The highest BCUT2D eigenvalue weighted by atomic mass is 15.4. The summed E-state index contributed by atoms with van der Waals surface area (Å²) in [5, 5.41) is 5.09. The normalized spacial score (nSPS) is 15.4. The number of nitrogens with zero attached hydrogens (tertiary/aromatic N) is 4. The van der Waals surface area contributed by atoms with E-state index in [1.807, 2.05) is 0 Å². The third-order valence-electron chi connectivity index (χ3n) is 8.64. The molecule has 7 aromatic rings. The molecule has 1 aliphatic heterocycles. The van der Waals surface area contributed by atoms with Gasteiger partial charge in [0.25, 0.3) is 0 Å². The van der Waals surface area contributed by atoms with E-state index in [1.54, 1.807) is 0 Å². The Morgan fingerprint density at radius 2 is 1.25 bits per heavy atom. The van der Waals surface area contributed by atoms with Gasteiger partial charge in [-0.3, -0.25) is 0 Å². The van der Waals surface area contributed by atoms with Crippen LogP contribution in [0.25, 0.3) is 55.0 Å². The summed E-state index contributed by atoms with van der Waals surface area (Å²) in [4.78, 5) is 4.63. The van der Waals surface area contributed by atoms with Crippen molar-refractivity contribution < 1.29 is 0 Å². The first kappa shape index (κ1) is 23.0. The van der Waals surface area contributed by atoms with Gasteiger partial charge in [0.1, 0.15) is 6.17 Å². The predicted octanol–water partition coefficient (Wildman–Crippen LogP) is 8.76. The third-order valence-corrected chi connectivity index (χ3v) is 8.64. The molecule has 1 atom stereocenters. The maximum absolute atomic E-state index is 2.45. The van der Waals surface area contributed by atoms with Gasteiger partial charge in [-0.25, -0.2) is 0 Å². The predicted molar refractivity (Wildman–Crippen MR) is 169 cm³/mol. The van der Waals surface area contributed by atoms with Crippen LogP contribution in [0.5, 0.6) is 0 Å². The molecule has 8 rings (SSSR count). The Morgan fingerprint density at radius 1 is 0.575 bits per heavy atom. The largest absolute Gasteiger partial charge is 0.359 e. The fourth-order valence-corrected chi connectivity index (χ4v) is 6.58. The molecule has 40 heavy (non-hydrogen) atoms. The molecule has 4 nitrogen and oxygen atoms in total. The van der Waals surface area contributed by atoms with Gasteiger partial charge in [0.15, 0.2) is 0 Å². The second kappa shape index (κ2) is 8.52. The Balaban J connectivity index is 1.59. The number of anilines is 1. The topological polar surface area (TPSA) is 16.3 Å². The molecule has 0 unspecified atom stereocenters. The monoisotopic (exact) mass is 518 g/mol. The molecule has 194 valence electrons. The van der Waals surface area contributed by atoms with E-state index in [0.29, 0.717) is 0 Å². The molecule has 3 heterocycles. The summed E-state index contributed by atoms with van der Waals surface area (Å²) < 4.78 is 4.89. The van der Waals surface area contributed by atoms with Gasteiger partial charge in [0.05, 0.1) is 22.1 Å². The fraction of sp³-hybridized carbons (Fsp3) is 0.111. The zero-order chi connectivity index (χ0) is 27.0. The van der Waals surface area contributed by atoms with E-state index >= 15 is 0 Å². The Labute approximate surface area is 233 Å². The number of rotatable bonds is 3. The lowest BCUT2D eigenvalue weighted by molar-refractivity contribution is 0.383. The fourth-order valence-electron chi connectivity index (χ4n) is 6.58. The second-order valence-corrected chi connectivity index (χ2v) is 10.9. The van der Waals surface area contributed by atoms with Crippen LogP contribution < -0.4 is 4.90 Å². The van der Waals surface area contributed by atoms with E-state index < -0.39 is 0 Å². The molecule has 0 bridgehead atoms. The number of hydrogen-bond acceptors (Lipinski definition) is 2. The standard InChI is InChI=1S/C36H30N4/c1-24-22-34-30(23-33(24)38-21-20-37(3)25(38)2)35-32(39(34)26-12-6-4-7-13-26)19-18-29-28-16-10-11-17-31(28)40(36(29)35)27-14-8-5-9-15-27/h4-23,25H,1-3H3/t25-/m0/s1. The highest BCUT2D eigenvalue weighted by Gasteiger charge is 2.25. The molecule has 2 aromatic heterocycles. The number of benzene rings is 5. The smallest absolute Gasteiger partial charge is 0.102 e. The van der Waals surface area contributed by atoms with Crippen molar-refractivity contribution in [3.05, 3.63) is 127 Å². The first-order valence-electron chi connectivity index (χ1n) is 13.9. The van der Waals surface area contributed by atoms with E-state index in [0.717, 1.165) is 0 Å². The van der Waals surface area contributed by atoms with Gasteiger partial charge in [0, 0.05) is 58.1 Å². The minimum Gasteiger partial charge on any atom is -0.359 e. The van der Waals surface area contributed by atoms with E-state index in [-0.39, 0.29) is 6.17 Å². The van der Waals surface area contributed by atoms with Gasteiger partial charge in [-0.1, -0.05) is 60.7 Å². The molecule has 0 saturated heterocycles. The third kappa shape index (κ3) is 3.13. The van der Waals surface area contributed by atoms with Crippen molar-refractivity contribution >= 4 is 49.3 Å². The van der Waals surface area contributed by atoms with Gasteiger partial charge in [0.2, 0.25) is 0 Å². The van der Waals surface area contributed by atoms with Gasteiger partial charge in [-0.15, -0.1) is 0 Å². The average molecular weight is 519 g/mol. The van der Waals surface area contributed by atoms with Crippen molar-refractivity contribution in [2.45, 2.75) is 20.0 Å². The van der Waals surface area contributed by atoms with Gasteiger partial charge < -0.3 is 18.9 Å². The van der Waals surface area contributed by atoms with E-state index in [2.05, 4.69) is 161 Å². The summed E-state index contributed by atoms with van der Waals surface area (Å²) in [6.07, 6.45) is 4.62. The van der Waals surface area contributed by atoms with Crippen molar-refractivity contribution in [2.75, 3.05) is 11.9 Å². The van der Waals surface area contributed by atoms with Crippen molar-refractivity contribution in [3.8, 4) is 11.4 Å². The Hall–Kier alpha value is -4.96. The summed E-state index contributed by atoms with van der Waals surface area (Å²) in [7, 11) is 2.14. The lowest BCUT2D eigenvalue weighted by Crippen LogP contribution is -2.33. The van der Waals surface area contributed by atoms with E-state index in [4.69, 9.17) is 0 Å². The van der Waals surface area contributed by atoms with Crippen molar-refractivity contribution in [1.82, 2.24) is 14.0 Å². The van der Waals surface area contributed by atoms with Crippen LogP contribution in [-0.4, -0.2) is 27.2 Å². The molecule has 1 aliphatic rings. The second-order valence-electron chi connectivity index (χ2n) is 10.9. The average Bonchev–Trinajstić information content (AvgIpc) is 3.62. The maximum atomic E-state index is 2.45. The van der Waals surface area contributed by atoms with Crippen LogP contribution in [0.1, 0.15) is 12.5 Å². The lowest BCUT2D eigenvalue weighted by atomic mass is 10.0. The number of hydrogen-bond donors (Lipinski definition) is 0. The summed E-state index contributed by atoms with van der Waals surface area (Å²) in [5.74, 6) is 0. The first-order valence-corrected chi connectivity index (χ1v) is 13.9. The Morgan fingerprint density at radius 3 is 1.95 bits per heavy atom. The summed E-state index contributed by atoms with van der Waals surface area (Å²) in [6, 6.07) is 39.7. The molecule has 0 fully saturated rings. The van der Waals surface area contributed by atoms with Crippen LogP contribution in [0, 0.1) is 6.92 Å². The van der Waals surface area contributed by atoms with Crippen LogP contribution in [0.3, 0.4) is 0 Å². The van der Waals surface area contributed by atoms with Crippen molar-refractivity contribution in [3.63, 3.8) is 0 Å². The molecule has 5 aromatic carbocycles.